The Kier molecular flexibility index (Phi) is 3.10. The maximum atomic E-state index is 13.2. The fourth-order valence-electron chi connectivity index (χ4n) is 1.12. The van der Waals surface area contributed by atoms with Gasteiger partial charge >= 0.3 is 0 Å². The highest BCUT2D eigenvalue weighted by atomic mass is 35.5. The van der Waals surface area contributed by atoms with Crippen LogP contribution in [0.5, 0.6) is 0 Å². The van der Waals surface area contributed by atoms with Crippen LogP contribution in [0.25, 0.3) is 0 Å². The van der Waals surface area contributed by atoms with Crippen LogP contribution in [-0.2, 0) is 0 Å². The molecule has 0 radical (unpaired) electrons. The fourth-order valence-corrected chi connectivity index (χ4v) is 1.28. The van der Waals surface area contributed by atoms with Crippen molar-refractivity contribution in [3.8, 4) is 0 Å². The third kappa shape index (κ3) is 1.98. The third-order valence-corrected chi connectivity index (χ3v) is 2.34. The maximum absolute atomic E-state index is 13.2. The zero-order valence-corrected chi connectivity index (χ0v) is 8.03. The van der Waals surface area contributed by atoms with E-state index in [1.54, 1.807) is 12.1 Å². The van der Waals surface area contributed by atoms with E-state index < -0.39 is 0 Å². The van der Waals surface area contributed by atoms with Gasteiger partial charge in [-0.2, -0.15) is 0 Å². The molecule has 66 valence electrons. The van der Waals surface area contributed by atoms with Crippen molar-refractivity contribution in [3.05, 3.63) is 34.6 Å². The van der Waals surface area contributed by atoms with Crippen LogP contribution in [0.3, 0.4) is 0 Å². The van der Waals surface area contributed by atoms with Crippen molar-refractivity contribution in [3.63, 3.8) is 0 Å². The highest BCUT2D eigenvalue weighted by molar-refractivity contribution is 6.30. The van der Waals surface area contributed by atoms with Gasteiger partial charge in [0, 0.05) is 5.02 Å². The third-order valence-electron chi connectivity index (χ3n) is 2.11. The van der Waals surface area contributed by atoms with Crippen LogP contribution in [0.1, 0.15) is 31.7 Å². The molecule has 0 nitrogen and oxygen atoms in total. The molecule has 0 aromatic heterocycles. The van der Waals surface area contributed by atoms with E-state index in [4.69, 9.17) is 11.6 Å². The zero-order valence-electron chi connectivity index (χ0n) is 7.27. The first-order valence-electron chi connectivity index (χ1n) is 4.10. The Morgan fingerprint density at radius 3 is 2.67 bits per heavy atom. The maximum Gasteiger partial charge on any atom is 0.128 e. The lowest BCUT2D eigenvalue weighted by atomic mass is 9.98. The van der Waals surface area contributed by atoms with Crippen molar-refractivity contribution >= 4 is 11.6 Å². The largest absolute Gasteiger partial charge is 0.207 e. The minimum atomic E-state index is -0.197. The summed E-state index contributed by atoms with van der Waals surface area (Å²) in [7, 11) is 0. The van der Waals surface area contributed by atoms with Gasteiger partial charge in [-0.15, -0.1) is 0 Å². The van der Waals surface area contributed by atoms with Crippen molar-refractivity contribution in [2.24, 2.45) is 0 Å². The summed E-state index contributed by atoms with van der Waals surface area (Å²) in [5.41, 5.74) is 0.752. The summed E-state index contributed by atoms with van der Waals surface area (Å²) >= 11 is 5.62. The van der Waals surface area contributed by atoms with Gasteiger partial charge in [-0.3, -0.25) is 0 Å². The number of halogens is 2. The molecule has 1 aromatic rings. The predicted octanol–water partition coefficient (Wildman–Crippen LogP) is 3.99. The second kappa shape index (κ2) is 3.90. The molecular formula is C10H12ClF. The molecule has 0 bridgehead atoms. The first kappa shape index (κ1) is 9.53. The van der Waals surface area contributed by atoms with Gasteiger partial charge < -0.3 is 0 Å². The van der Waals surface area contributed by atoms with Gasteiger partial charge in [0.15, 0.2) is 0 Å². The van der Waals surface area contributed by atoms with Gasteiger partial charge in [0.2, 0.25) is 0 Å². The highest BCUT2D eigenvalue weighted by Gasteiger charge is 2.08. The lowest BCUT2D eigenvalue weighted by molar-refractivity contribution is 0.584. The van der Waals surface area contributed by atoms with Crippen LogP contribution in [0.2, 0.25) is 5.02 Å². The number of hydrogen-bond donors (Lipinski definition) is 0. The first-order chi connectivity index (χ1) is 5.65. The van der Waals surface area contributed by atoms with E-state index in [-0.39, 0.29) is 11.7 Å². The number of rotatable bonds is 2. The quantitative estimate of drug-likeness (QED) is 0.655. The standard InChI is InChI=1S/C10H12ClF/c1-3-7(2)9-5-4-8(11)6-10(9)12/h4-7H,3H2,1-2H3/t7-/m1/s1. The molecule has 0 saturated carbocycles. The van der Waals surface area contributed by atoms with Crippen molar-refractivity contribution in [2.75, 3.05) is 0 Å². The zero-order chi connectivity index (χ0) is 9.14. The molecule has 0 aliphatic rings. The minimum Gasteiger partial charge on any atom is -0.207 e. The molecule has 1 atom stereocenters. The molecule has 0 heterocycles. The van der Waals surface area contributed by atoms with E-state index >= 15 is 0 Å². The SMILES string of the molecule is CC[C@@H](C)c1ccc(Cl)cc1F. The predicted molar refractivity (Wildman–Crippen MR) is 50.1 cm³/mol. The molecule has 12 heavy (non-hydrogen) atoms. The summed E-state index contributed by atoms with van der Waals surface area (Å²) in [6, 6.07) is 4.85. The Morgan fingerprint density at radius 1 is 1.50 bits per heavy atom. The van der Waals surface area contributed by atoms with Gasteiger partial charge in [0.1, 0.15) is 5.82 Å². The van der Waals surface area contributed by atoms with Crippen LogP contribution >= 0.6 is 11.6 Å². The van der Waals surface area contributed by atoms with Crippen molar-refractivity contribution in [2.45, 2.75) is 26.2 Å². The summed E-state index contributed by atoms with van der Waals surface area (Å²) in [5, 5.41) is 0.458. The average molecular weight is 187 g/mol. The molecule has 0 spiro atoms. The molecule has 0 amide bonds. The van der Waals surface area contributed by atoms with Crippen LogP contribution in [0, 0.1) is 5.82 Å². The van der Waals surface area contributed by atoms with Crippen LogP contribution < -0.4 is 0 Å². The second-order valence-corrected chi connectivity index (χ2v) is 3.41. The van der Waals surface area contributed by atoms with E-state index in [0.29, 0.717) is 5.02 Å². The van der Waals surface area contributed by atoms with Gasteiger partial charge in [-0.25, -0.2) is 4.39 Å². The van der Waals surface area contributed by atoms with Gasteiger partial charge in [0.25, 0.3) is 0 Å². The summed E-state index contributed by atoms with van der Waals surface area (Å²) in [6.07, 6.45) is 0.943. The van der Waals surface area contributed by atoms with Gasteiger partial charge in [-0.05, 0) is 30.0 Å². The first-order valence-corrected chi connectivity index (χ1v) is 4.48. The molecule has 2 heteroatoms. The molecule has 0 fully saturated rings. The molecule has 0 saturated heterocycles. The van der Waals surface area contributed by atoms with E-state index in [0.717, 1.165) is 12.0 Å². The molecule has 1 rings (SSSR count). The van der Waals surface area contributed by atoms with Crippen molar-refractivity contribution < 1.29 is 4.39 Å². The topological polar surface area (TPSA) is 0 Å². The lowest BCUT2D eigenvalue weighted by Crippen LogP contribution is -1.95. The van der Waals surface area contributed by atoms with Crippen molar-refractivity contribution in [1.82, 2.24) is 0 Å². The van der Waals surface area contributed by atoms with E-state index in [1.807, 2.05) is 13.8 Å². The summed E-state index contributed by atoms with van der Waals surface area (Å²) in [4.78, 5) is 0. The number of benzene rings is 1. The molecule has 0 unspecified atom stereocenters. The smallest absolute Gasteiger partial charge is 0.128 e. The van der Waals surface area contributed by atoms with Crippen molar-refractivity contribution in [1.29, 1.82) is 0 Å². The monoisotopic (exact) mass is 186 g/mol. The molecule has 0 aliphatic heterocycles. The average Bonchev–Trinajstić information content (AvgIpc) is 2.03. The van der Waals surface area contributed by atoms with E-state index in [1.165, 1.54) is 6.07 Å². The lowest BCUT2D eigenvalue weighted by Gasteiger charge is -2.09. The Labute approximate surface area is 77.4 Å². The van der Waals surface area contributed by atoms with E-state index in [2.05, 4.69) is 0 Å². The van der Waals surface area contributed by atoms with E-state index in [9.17, 15) is 4.39 Å². The fraction of sp³-hybridized carbons (Fsp3) is 0.400. The Balaban J connectivity index is 3.01. The normalized spacial score (nSPS) is 13.0. The summed E-state index contributed by atoms with van der Waals surface area (Å²) in [5.74, 6) is 0.0686. The molecule has 0 aliphatic carbocycles. The number of hydrogen-bond acceptors (Lipinski definition) is 0. The molecular weight excluding hydrogens is 175 g/mol. The summed E-state index contributed by atoms with van der Waals surface area (Å²) < 4.78 is 13.2. The second-order valence-electron chi connectivity index (χ2n) is 2.98. The van der Waals surface area contributed by atoms with Gasteiger partial charge in [0.05, 0.1) is 0 Å². The Bertz CT molecular complexity index is 271. The Morgan fingerprint density at radius 2 is 2.17 bits per heavy atom. The summed E-state index contributed by atoms with van der Waals surface area (Å²) in [6.45, 7) is 4.05. The minimum absolute atomic E-state index is 0.197. The highest BCUT2D eigenvalue weighted by Crippen LogP contribution is 2.23. The van der Waals surface area contributed by atoms with Crippen LogP contribution in [0.4, 0.5) is 4.39 Å². The van der Waals surface area contributed by atoms with Gasteiger partial charge in [-0.1, -0.05) is 31.5 Å². The molecule has 0 N–H and O–H groups in total. The molecule has 1 aromatic carbocycles. The van der Waals surface area contributed by atoms with Crippen LogP contribution in [-0.4, -0.2) is 0 Å². The Hall–Kier alpha value is -0.560. The van der Waals surface area contributed by atoms with Crippen LogP contribution in [0.15, 0.2) is 18.2 Å².